The molecular formula is C16H17N3O4S. The molecule has 0 atom stereocenters. The number of nitrogens with zero attached hydrogens (tertiary/aromatic N) is 2. The molecule has 0 spiro atoms. The van der Waals surface area contributed by atoms with Crippen LogP contribution in [0.5, 0.6) is 0 Å². The van der Waals surface area contributed by atoms with Gasteiger partial charge in [0, 0.05) is 30.3 Å². The zero-order valence-electron chi connectivity index (χ0n) is 12.9. The van der Waals surface area contributed by atoms with Gasteiger partial charge >= 0.3 is 0 Å². The Morgan fingerprint density at radius 3 is 2.92 bits per heavy atom. The number of benzene rings is 1. The van der Waals surface area contributed by atoms with Gasteiger partial charge in [-0.15, -0.1) is 0 Å². The van der Waals surface area contributed by atoms with Crippen molar-refractivity contribution in [1.29, 1.82) is 0 Å². The molecule has 0 saturated heterocycles. The van der Waals surface area contributed by atoms with Gasteiger partial charge in [-0.1, -0.05) is 11.2 Å². The lowest BCUT2D eigenvalue weighted by atomic mass is 10.2. The standard InChI is InChI=1S/C16H17N3O4S/c20-16(13-1-2-13)19-6-5-12-3-4-14(7-15(12)19)24(21,22)18-9-11-8-17-23-10-11/h3-4,7-8,10,13,18H,1-2,5-6,9H2. The number of amides is 1. The highest BCUT2D eigenvalue weighted by Crippen LogP contribution is 2.37. The molecule has 2 aromatic rings. The van der Waals surface area contributed by atoms with Gasteiger partial charge in [0.1, 0.15) is 6.26 Å². The van der Waals surface area contributed by atoms with Gasteiger partial charge < -0.3 is 9.42 Å². The summed E-state index contributed by atoms with van der Waals surface area (Å²) in [6, 6.07) is 4.97. The summed E-state index contributed by atoms with van der Waals surface area (Å²) in [6.45, 7) is 0.732. The molecule has 0 radical (unpaired) electrons. The Morgan fingerprint density at radius 1 is 1.38 bits per heavy atom. The first-order chi connectivity index (χ1) is 11.5. The molecule has 1 N–H and O–H groups in total. The van der Waals surface area contributed by atoms with Gasteiger partial charge in [0.15, 0.2) is 0 Å². The summed E-state index contributed by atoms with van der Waals surface area (Å²) < 4.78 is 32.2. The Balaban J connectivity index is 1.57. The molecule has 1 amide bonds. The van der Waals surface area contributed by atoms with Crippen LogP contribution in [0, 0.1) is 5.92 Å². The molecule has 1 aromatic heterocycles. The first-order valence-corrected chi connectivity index (χ1v) is 9.35. The second-order valence-corrected chi connectivity index (χ2v) is 7.93. The SMILES string of the molecule is O=C(C1CC1)N1CCc2ccc(S(=O)(=O)NCc3cnoc3)cc21. The van der Waals surface area contributed by atoms with Crippen LogP contribution < -0.4 is 9.62 Å². The predicted molar refractivity (Wildman–Crippen MR) is 85.8 cm³/mol. The van der Waals surface area contributed by atoms with Crippen molar-refractivity contribution in [3.63, 3.8) is 0 Å². The van der Waals surface area contributed by atoms with Crippen LogP contribution in [0.2, 0.25) is 0 Å². The zero-order valence-corrected chi connectivity index (χ0v) is 13.8. The molecule has 126 valence electrons. The van der Waals surface area contributed by atoms with E-state index in [-0.39, 0.29) is 23.3 Å². The van der Waals surface area contributed by atoms with Gasteiger partial charge in [-0.25, -0.2) is 13.1 Å². The highest BCUT2D eigenvalue weighted by molar-refractivity contribution is 7.89. The Labute approximate surface area is 139 Å². The lowest BCUT2D eigenvalue weighted by Crippen LogP contribution is -2.30. The van der Waals surface area contributed by atoms with Gasteiger partial charge in [-0.2, -0.15) is 0 Å². The summed E-state index contributed by atoms with van der Waals surface area (Å²) in [5.41, 5.74) is 2.38. The van der Waals surface area contributed by atoms with Gasteiger partial charge in [-0.05, 0) is 37.0 Å². The van der Waals surface area contributed by atoms with E-state index < -0.39 is 10.0 Å². The molecule has 8 heteroatoms. The normalized spacial score (nSPS) is 17.1. The third-order valence-electron chi connectivity index (χ3n) is 4.41. The number of fused-ring (bicyclic) bond motifs is 1. The number of carbonyl (C=O) groups excluding carboxylic acids is 1. The lowest BCUT2D eigenvalue weighted by Gasteiger charge is -2.18. The van der Waals surface area contributed by atoms with Crippen molar-refractivity contribution >= 4 is 21.6 Å². The van der Waals surface area contributed by atoms with Crippen LogP contribution in [0.3, 0.4) is 0 Å². The van der Waals surface area contributed by atoms with Crippen molar-refractivity contribution < 1.29 is 17.7 Å². The van der Waals surface area contributed by atoms with Crippen LogP contribution in [-0.4, -0.2) is 26.0 Å². The van der Waals surface area contributed by atoms with Crippen LogP contribution in [0.25, 0.3) is 0 Å². The monoisotopic (exact) mass is 347 g/mol. The Morgan fingerprint density at radius 2 is 2.21 bits per heavy atom. The van der Waals surface area contributed by atoms with Crippen molar-refractivity contribution in [2.75, 3.05) is 11.4 Å². The molecule has 1 fully saturated rings. The first kappa shape index (κ1) is 15.3. The van der Waals surface area contributed by atoms with Gasteiger partial charge in [0.2, 0.25) is 15.9 Å². The van der Waals surface area contributed by atoms with E-state index in [4.69, 9.17) is 0 Å². The van der Waals surface area contributed by atoms with Crippen molar-refractivity contribution in [2.45, 2.75) is 30.7 Å². The minimum atomic E-state index is -3.67. The third-order valence-corrected chi connectivity index (χ3v) is 5.80. The fourth-order valence-corrected chi connectivity index (χ4v) is 3.92. The number of rotatable bonds is 5. The molecule has 2 aliphatic rings. The molecule has 0 unspecified atom stereocenters. The minimum Gasteiger partial charge on any atom is -0.364 e. The molecule has 1 saturated carbocycles. The van der Waals surface area contributed by atoms with E-state index in [2.05, 4.69) is 14.4 Å². The Kier molecular flexibility index (Phi) is 3.65. The summed E-state index contributed by atoms with van der Waals surface area (Å²) in [5, 5.41) is 3.54. The second-order valence-electron chi connectivity index (χ2n) is 6.16. The van der Waals surface area contributed by atoms with Crippen LogP contribution in [0.4, 0.5) is 5.69 Å². The lowest BCUT2D eigenvalue weighted by molar-refractivity contribution is -0.119. The average Bonchev–Trinajstić information content (AvgIpc) is 3.13. The van der Waals surface area contributed by atoms with Crippen molar-refractivity contribution in [2.24, 2.45) is 5.92 Å². The third kappa shape index (κ3) is 2.83. The number of aromatic nitrogens is 1. The molecule has 1 aliphatic carbocycles. The fraction of sp³-hybridized carbons (Fsp3) is 0.375. The van der Waals surface area contributed by atoms with E-state index in [0.29, 0.717) is 12.1 Å². The van der Waals surface area contributed by atoms with Gasteiger partial charge in [0.25, 0.3) is 0 Å². The summed E-state index contributed by atoms with van der Waals surface area (Å²) in [4.78, 5) is 14.2. The van der Waals surface area contributed by atoms with E-state index >= 15 is 0 Å². The number of anilines is 1. The van der Waals surface area contributed by atoms with E-state index in [9.17, 15) is 13.2 Å². The number of sulfonamides is 1. The molecule has 0 bridgehead atoms. The van der Waals surface area contributed by atoms with Crippen molar-refractivity contribution in [3.05, 3.63) is 41.8 Å². The number of hydrogen-bond acceptors (Lipinski definition) is 5. The molecule has 1 aliphatic heterocycles. The smallest absolute Gasteiger partial charge is 0.240 e. The van der Waals surface area contributed by atoms with E-state index in [1.54, 1.807) is 23.1 Å². The van der Waals surface area contributed by atoms with Gasteiger partial charge in [-0.3, -0.25) is 4.79 Å². The maximum atomic E-state index is 12.5. The number of nitrogens with one attached hydrogen (secondary N) is 1. The Hall–Kier alpha value is -2.19. The summed E-state index contributed by atoms with van der Waals surface area (Å²) in [5.74, 6) is 0.226. The van der Waals surface area contributed by atoms with E-state index in [1.807, 2.05) is 0 Å². The minimum absolute atomic E-state index is 0.105. The molecule has 1 aromatic carbocycles. The van der Waals surface area contributed by atoms with Crippen molar-refractivity contribution in [3.8, 4) is 0 Å². The summed E-state index contributed by atoms with van der Waals surface area (Å²) >= 11 is 0. The van der Waals surface area contributed by atoms with Crippen LogP contribution in [-0.2, 0) is 27.8 Å². The maximum absolute atomic E-state index is 12.5. The van der Waals surface area contributed by atoms with Gasteiger partial charge in [0.05, 0.1) is 11.1 Å². The summed E-state index contributed by atoms with van der Waals surface area (Å²) in [7, 11) is -3.67. The van der Waals surface area contributed by atoms with E-state index in [0.717, 1.165) is 30.5 Å². The predicted octanol–water partition coefficient (Wildman–Crippen LogP) is 1.45. The molecular weight excluding hydrogens is 330 g/mol. The molecule has 2 heterocycles. The first-order valence-electron chi connectivity index (χ1n) is 7.87. The molecule has 24 heavy (non-hydrogen) atoms. The molecule has 4 rings (SSSR count). The number of hydrogen-bond donors (Lipinski definition) is 1. The highest BCUT2D eigenvalue weighted by Gasteiger charge is 2.36. The summed E-state index contributed by atoms with van der Waals surface area (Å²) in [6.07, 6.45) is 5.48. The largest absolute Gasteiger partial charge is 0.364 e. The zero-order chi connectivity index (χ0) is 16.7. The highest BCUT2D eigenvalue weighted by atomic mass is 32.2. The van der Waals surface area contributed by atoms with Crippen LogP contribution in [0.1, 0.15) is 24.0 Å². The quantitative estimate of drug-likeness (QED) is 0.884. The van der Waals surface area contributed by atoms with Crippen LogP contribution in [0.15, 0.2) is 40.1 Å². The average molecular weight is 347 g/mol. The van der Waals surface area contributed by atoms with E-state index in [1.165, 1.54) is 12.5 Å². The Bertz CT molecular complexity index is 873. The van der Waals surface area contributed by atoms with Crippen molar-refractivity contribution in [1.82, 2.24) is 9.88 Å². The fourth-order valence-electron chi connectivity index (χ4n) is 2.88. The number of carbonyl (C=O) groups is 1. The second kappa shape index (κ2) is 5.71. The molecule has 7 nitrogen and oxygen atoms in total. The topological polar surface area (TPSA) is 92.5 Å². The maximum Gasteiger partial charge on any atom is 0.240 e. The van der Waals surface area contributed by atoms with Crippen LogP contribution >= 0.6 is 0 Å².